The van der Waals surface area contributed by atoms with E-state index in [4.69, 9.17) is 0 Å². The maximum absolute atomic E-state index is 11.2. The van der Waals surface area contributed by atoms with Crippen molar-refractivity contribution in [3.8, 4) is 0 Å². The molecule has 0 saturated carbocycles. The van der Waals surface area contributed by atoms with Gasteiger partial charge in [-0.05, 0) is 29.8 Å². The number of carbonyl (C=O) groups is 1. The monoisotopic (exact) mass is 223 g/mol. The maximum Gasteiger partial charge on any atom is 0.229 e. The molecule has 0 spiro atoms. The fraction of sp³-hybridized carbons (Fsp3) is 0.100. The van der Waals surface area contributed by atoms with Crippen molar-refractivity contribution < 1.29 is 13.2 Å². The quantitative estimate of drug-likeness (QED) is 0.821. The summed E-state index contributed by atoms with van der Waals surface area (Å²) in [6.07, 6.45) is 4.22. The first-order valence-electron chi connectivity index (χ1n) is 4.30. The van der Waals surface area contributed by atoms with Gasteiger partial charge in [-0.25, -0.2) is 8.42 Å². The van der Waals surface area contributed by atoms with Crippen molar-refractivity contribution in [2.45, 2.75) is 0 Å². The van der Waals surface area contributed by atoms with Crippen LogP contribution in [-0.2, 0) is 10.0 Å². The highest BCUT2D eigenvalue weighted by molar-refractivity contribution is 7.92. The lowest BCUT2D eigenvalue weighted by Crippen LogP contribution is -2.09. The van der Waals surface area contributed by atoms with Crippen LogP contribution in [0.3, 0.4) is 0 Å². The van der Waals surface area contributed by atoms with E-state index < -0.39 is 10.0 Å². The number of allylic oxidation sites excluding steroid dienone is 1. The molecule has 0 aromatic heterocycles. The molecule has 1 aliphatic rings. The third-order valence-corrected chi connectivity index (χ3v) is 2.64. The maximum atomic E-state index is 11.2. The molecule has 15 heavy (non-hydrogen) atoms. The molecule has 2 rings (SSSR count). The number of benzene rings is 1. The van der Waals surface area contributed by atoms with Crippen molar-refractivity contribution >= 4 is 27.6 Å². The Hall–Kier alpha value is -1.62. The number of anilines is 1. The number of sulfonamides is 1. The Morgan fingerprint density at radius 1 is 1.20 bits per heavy atom. The van der Waals surface area contributed by atoms with Crippen LogP contribution in [0.25, 0.3) is 6.08 Å². The number of nitrogens with one attached hydrogen (secondary N) is 1. The molecule has 0 atom stereocenters. The lowest BCUT2D eigenvalue weighted by molar-refractivity contribution is 0.105. The Morgan fingerprint density at radius 2 is 1.93 bits per heavy atom. The van der Waals surface area contributed by atoms with Crippen molar-refractivity contribution in [1.82, 2.24) is 0 Å². The molecular weight excluding hydrogens is 214 g/mol. The molecule has 1 aromatic rings. The van der Waals surface area contributed by atoms with E-state index in [-0.39, 0.29) is 5.78 Å². The predicted molar refractivity (Wildman–Crippen MR) is 58.3 cm³/mol. The zero-order valence-electron chi connectivity index (χ0n) is 8.02. The van der Waals surface area contributed by atoms with Gasteiger partial charge in [0.25, 0.3) is 0 Å². The largest absolute Gasteiger partial charge is 0.289 e. The van der Waals surface area contributed by atoms with Crippen LogP contribution in [0.5, 0.6) is 0 Å². The number of hydrogen-bond acceptors (Lipinski definition) is 3. The highest BCUT2D eigenvalue weighted by Gasteiger charge is 2.14. The summed E-state index contributed by atoms with van der Waals surface area (Å²) in [6, 6.07) is 4.83. The molecule has 1 N–H and O–H groups in total. The zero-order valence-corrected chi connectivity index (χ0v) is 8.84. The second-order valence-corrected chi connectivity index (χ2v) is 5.12. The summed E-state index contributed by atoms with van der Waals surface area (Å²) in [7, 11) is -3.27. The normalized spacial score (nSPS) is 14.1. The molecule has 0 radical (unpaired) electrons. The van der Waals surface area contributed by atoms with Crippen LogP contribution < -0.4 is 4.72 Å². The number of carbonyl (C=O) groups excluding carboxylic acids is 1. The van der Waals surface area contributed by atoms with Crippen LogP contribution in [0.1, 0.15) is 15.9 Å². The van der Waals surface area contributed by atoms with Crippen molar-refractivity contribution in [3.05, 3.63) is 35.4 Å². The van der Waals surface area contributed by atoms with E-state index in [1.165, 1.54) is 6.08 Å². The summed E-state index contributed by atoms with van der Waals surface area (Å²) in [5.74, 6) is -0.0455. The van der Waals surface area contributed by atoms with Crippen LogP contribution in [-0.4, -0.2) is 20.5 Å². The van der Waals surface area contributed by atoms with Crippen molar-refractivity contribution in [1.29, 1.82) is 0 Å². The molecule has 1 aliphatic carbocycles. The van der Waals surface area contributed by atoms with Crippen LogP contribution in [0.15, 0.2) is 24.3 Å². The number of hydrogen-bond donors (Lipinski definition) is 1. The summed E-state index contributed by atoms with van der Waals surface area (Å²) in [5.41, 5.74) is 1.82. The Kier molecular flexibility index (Phi) is 2.12. The first-order chi connectivity index (χ1) is 6.96. The van der Waals surface area contributed by atoms with Gasteiger partial charge in [0.1, 0.15) is 0 Å². The van der Waals surface area contributed by atoms with E-state index in [1.54, 1.807) is 24.3 Å². The highest BCUT2D eigenvalue weighted by atomic mass is 32.2. The van der Waals surface area contributed by atoms with Gasteiger partial charge in [-0.2, -0.15) is 0 Å². The Balaban J connectivity index is 2.39. The molecule has 1 aromatic carbocycles. The minimum atomic E-state index is -3.27. The molecule has 5 heteroatoms. The predicted octanol–water partition coefficient (Wildman–Crippen LogP) is 1.27. The van der Waals surface area contributed by atoms with Crippen LogP contribution >= 0.6 is 0 Å². The van der Waals surface area contributed by atoms with E-state index in [9.17, 15) is 13.2 Å². The summed E-state index contributed by atoms with van der Waals surface area (Å²) in [5, 5.41) is 0. The molecule has 4 nitrogen and oxygen atoms in total. The summed E-state index contributed by atoms with van der Waals surface area (Å²) in [6.45, 7) is 0. The number of ketones is 1. The van der Waals surface area contributed by atoms with Crippen LogP contribution in [0.4, 0.5) is 5.69 Å². The van der Waals surface area contributed by atoms with Gasteiger partial charge in [-0.15, -0.1) is 0 Å². The lowest BCUT2D eigenvalue weighted by atomic mass is 10.1. The van der Waals surface area contributed by atoms with E-state index >= 15 is 0 Å². The summed E-state index contributed by atoms with van der Waals surface area (Å²) >= 11 is 0. The number of rotatable bonds is 2. The molecule has 0 bridgehead atoms. The van der Waals surface area contributed by atoms with Gasteiger partial charge >= 0.3 is 0 Å². The second-order valence-electron chi connectivity index (χ2n) is 3.37. The fourth-order valence-corrected chi connectivity index (χ4v) is 2.01. The molecule has 78 valence electrons. The van der Waals surface area contributed by atoms with Gasteiger partial charge in [0.05, 0.1) is 6.26 Å². The average Bonchev–Trinajstić information content (AvgIpc) is 2.45. The third kappa shape index (κ3) is 2.07. The van der Waals surface area contributed by atoms with Crippen LogP contribution in [0, 0.1) is 0 Å². The van der Waals surface area contributed by atoms with Crippen molar-refractivity contribution in [3.63, 3.8) is 0 Å². The molecule has 0 unspecified atom stereocenters. The topological polar surface area (TPSA) is 63.2 Å². The van der Waals surface area contributed by atoms with Crippen molar-refractivity contribution in [2.24, 2.45) is 0 Å². The highest BCUT2D eigenvalue weighted by Crippen LogP contribution is 2.23. The molecule has 0 aliphatic heterocycles. The SMILES string of the molecule is CS(=O)(=O)Nc1ccc2c(c1)C=CC2=O. The summed E-state index contributed by atoms with van der Waals surface area (Å²) < 4.78 is 24.3. The standard InChI is InChI=1S/C10H9NO3S/c1-15(13,14)11-8-3-4-9-7(6-8)2-5-10(9)12/h2-6,11H,1H3. The van der Waals surface area contributed by atoms with E-state index in [1.807, 2.05) is 0 Å². The molecule has 0 saturated heterocycles. The molecular formula is C10H9NO3S. The minimum absolute atomic E-state index is 0.0455. The van der Waals surface area contributed by atoms with Gasteiger partial charge in [0, 0.05) is 11.3 Å². The first-order valence-corrected chi connectivity index (χ1v) is 6.19. The smallest absolute Gasteiger partial charge is 0.229 e. The zero-order chi connectivity index (χ0) is 11.1. The Bertz CT molecular complexity index is 558. The Labute approximate surface area is 87.7 Å². The van der Waals surface area contributed by atoms with Gasteiger partial charge in [-0.1, -0.05) is 6.08 Å². The van der Waals surface area contributed by atoms with Gasteiger partial charge < -0.3 is 0 Å². The fourth-order valence-electron chi connectivity index (χ4n) is 1.46. The van der Waals surface area contributed by atoms with E-state index in [2.05, 4.69) is 4.72 Å². The van der Waals surface area contributed by atoms with Gasteiger partial charge in [-0.3, -0.25) is 9.52 Å². The van der Waals surface area contributed by atoms with E-state index in [0.717, 1.165) is 11.8 Å². The number of fused-ring (bicyclic) bond motifs is 1. The molecule has 0 fully saturated rings. The average molecular weight is 223 g/mol. The molecule has 0 heterocycles. The van der Waals surface area contributed by atoms with Gasteiger partial charge in [0.15, 0.2) is 5.78 Å². The van der Waals surface area contributed by atoms with E-state index in [0.29, 0.717) is 11.3 Å². The molecule has 0 amide bonds. The minimum Gasteiger partial charge on any atom is -0.289 e. The van der Waals surface area contributed by atoms with Crippen LogP contribution in [0.2, 0.25) is 0 Å². The van der Waals surface area contributed by atoms with Gasteiger partial charge in [0.2, 0.25) is 10.0 Å². The second kappa shape index (κ2) is 3.20. The Morgan fingerprint density at radius 3 is 2.60 bits per heavy atom. The first kappa shape index (κ1) is 9.92. The lowest BCUT2D eigenvalue weighted by Gasteiger charge is -2.05. The van der Waals surface area contributed by atoms with Crippen molar-refractivity contribution in [2.75, 3.05) is 11.0 Å². The third-order valence-electron chi connectivity index (χ3n) is 2.03. The summed E-state index contributed by atoms with van der Waals surface area (Å²) in [4.78, 5) is 11.2.